The van der Waals surface area contributed by atoms with Gasteiger partial charge in [0.1, 0.15) is 4.88 Å². The molecule has 2 heterocycles. The van der Waals surface area contributed by atoms with Crippen LogP contribution >= 0.6 is 67.9 Å². The van der Waals surface area contributed by atoms with Gasteiger partial charge in [-0.2, -0.15) is 0 Å². The minimum Gasteiger partial charge on any atom is -0.462 e. The van der Waals surface area contributed by atoms with Gasteiger partial charge in [0.25, 0.3) is 0 Å². The van der Waals surface area contributed by atoms with Gasteiger partial charge < -0.3 is 4.74 Å². The number of hydrogen-bond donors (Lipinski definition) is 0. The van der Waals surface area contributed by atoms with Gasteiger partial charge in [-0.05, 0) is 58.2 Å². The zero-order valence-corrected chi connectivity index (χ0v) is 13.6. The molecule has 0 fully saturated rings. The molecule has 0 unspecified atom stereocenters. The minimum atomic E-state index is -0.213. The number of halogens is 2. The van der Waals surface area contributed by atoms with Crippen LogP contribution in [0.25, 0.3) is 10.1 Å². The molecule has 80 valence electrons. The molecular formula is C9H6I2O2S2. The van der Waals surface area contributed by atoms with Crippen LogP contribution in [-0.4, -0.2) is 12.6 Å². The summed E-state index contributed by atoms with van der Waals surface area (Å²) in [6.45, 7) is 2.25. The van der Waals surface area contributed by atoms with E-state index in [0.717, 1.165) is 0 Å². The van der Waals surface area contributed by atoms with Gasteiger partial charge in [0.2, 0.25) is 0 Å². The molecule has 0 atom stereocenters. The van der Waals surface area contributed by atoms with Crippen LogP contribution in [0.15, 0.2) is 6.07 Å². The first-order chi connectivity index (χ1) is 7.13. The summed E-state index contributed by atoms with van der Waals surface area (Å²) in [6.07, 6.45) is 0. The van der Waals surface area contributed by atoms with Crippen LogP contribution in [0.1, 0.15) is 16.6 Å². The Bertz CT molecular complexity index is 481. The third-order valence-corrected chi connectivity index (χ3v) is 6.63. The topological polar surface area (TPSA) is 26.3 Å². The van der Waals surface area contributed by atoms with E-state index < -0.39 is 0 Å². The maximum absolute atomic E-state index is 11.5. The van der Waals surface area contributed by atoms with E-state index in [1.165, 1.54) is 27.2 Å². The summed E-state index contributed by atoms with van der Waals surface area (Å²) in [5.41, 5.74) is 0. The Morgan fingerprint density at radius 1 is 1.40 bits per heavy atom. The van der Waals surface area contributed by atoms with Crippen LogP contribution in [0.4, 0.5) is 0 Å². The molecular weight excluding hydrogens is 458 g/mol. The monoisotopic (exact) mass is 464 g/mol. The molecule has 15 heavy (non-hydrogen) atoms. The Labute approximate surface area is 122 Å². The summed E-state index contributed by atoms with van der Waals surface area (Å²) in [6, 6.07) is 1.93. The zero-order chi connectivity index (χ0) is 11.0. The van der Waals surface area contributed by atoms with Crippen LogP contribution in [0.3, 0.4) is 0 Å². The summed E-state index contributed by atoms with van der Waals surface area (Å²) in [7, 11) is 0. The highest BCUT2D eigenvalue weighted by molar-refractivity contribution is 14.1. The Morgan fingerprint density at radius 3 is 2.73 bits per heavy atom. The molecule has 6 heteroatoms. The van der Waals surface area contributed by atoms with Crippen molar-refractivity contribution in [1.82, 2.24) is 0 Å². The van der Waals surface area contributed by atoms with Crippen LogP contribution in [0.5, 0.6) is 0 Å². The summed E-state index contributed by atoms with van der Waals surface area (Å²) in [5.74, 6) is -0.213. The van der Waals surface area contributed by atoms with Crippen LogP contribution < -0.4 is 0 Å². The van der Waals surface area contributed by atoms with Gasteiger partial charge in [-0.25, -0.2) is 4.79 Å². The molecule has 0 bridgehead atoms. The second kappa shape index (κ2) is 4.84. The van der Waals surface area contributed by atoms with Gasteiger partial charge in [-0.3, -0.25) is 0 Å². The summed E-state index contributed by atoms with van der Waals surface area (Å²) in [5, 5.41) is 1.18. The first-order valence-corrected chi connectivity index (χ1v) is 7.97. The van der Waals surface area contributed by atoms with E-state index in [0.29, 0.717) is 11.5 Å². The number of carbonyl (C=O) groups excluding carboxylic acids is 1. The predicted octanol–water partition coefficient (Wildman–Crippen LogP) is 4.35. The van der Waals surface area contributed by atoms with E-state index >= 15 is 0 Å². The van der Waals surface area contributed by atoms with Crippen molar-refractivity contribution in [2.75, 3.05) is 6.61 Å². The molecule has 0 aliphatic heterocycles. The number of esters is 1. The maximum atomic E-state index is 11.5. The summed E-state index contributed by atoms with van der Waals surface area (Å²) < 4.78 is 8.66. The van der Waals surface area contributed by atoms with Crippen molar-refractivity contribution in [1.29, 1.82) is 0 Å². The highest BCUT2D eigenvalue weighted by Crippen LogP contribution is 2.39. The van der Waals surface area contributed by atoms with Crippen LogP contribution in [0, 0.1) is 5.77 Å². The van der Waals surface area contributed by atoms with Gasteiger partial charge in [-0.1, -0.05) is 0 Å². The number of fused-ring (bicyclic) bond motifs is 1. The number of rotatable bonds is 2. The molecule has 2 aromatic rings. The molecule has 0 aliphatic rings. The maximum Gasteiger partial charge on any atom is 0.348 e. The molecule has 0 aliphatic carbocycles. The predicted molar refractivity (Wildman–Crippen MR) is 81.1 cm³/mol. The van der Waals surface area contributed by atoms with Crippen molar-refractivity contribution in [3.8, 4) is 0 Å². The third kappa shape index (κ3) is 2.32. The standard InChI is InChI=1S/C9H6I2O2S2/c1-2-13-9(12)5-3-4-6(14-5)8(11)15-7(4)10/h3H,2H2,1H3. The van der Waals surface area contributed by atoms with Crippen molar-refractivity contribution >= 4 is 83.9 Å². The van der Waals surface area contributed by atoms with E-state index in [4.69, 9.17) is 4.74 Å². The van der Waals surface area contributed by atoms with Gasteiger partial charge in [0.05, 0.1) is 17.1 Å². The average Bonchev–Trinajstić information content (AvgIpc) is 2.70. The fourth-order valence-corrected chi connectivity index (χ4v) is 6.82. The van der Waals surface area contributed by atoms with Crippen molar-refractivity contribution in [2.45, 2.75) is 6.92 Å². The van der Waals surface area contributed by atoms with Crippen molar-refractivity contribution < 1.29 is 9.53 Å². The van der Waals surface area contributed by atoms with E-state index in [2.05, 4.69) is 45.2 Å². The Hall–Kier alpha value is 0.590. The molecule has 0 aromatic carbocycles. The molecule has 0 saturated carbocycles. The second-order valence-corrected chi connectivity index (χ2v) is 8.42. The summed E-state index contributed by atoms with van der Waals surface area (Å²) in [4.78, 5) is 12.2. The lowest BCUT2D eigenvalue weighted by Gasteiger charge is -1.96. The fraction of sp³-hybridized carbons (Fsp3) is 0.222. The quantitative estimate of drug-likeness (QED) is 0.489. The highest BCUT2D eigenvalue weighted by atomic mass is 127. The Morgan fingerprint density at radius 2 is 2.13 bits per heavy atom. The van der Waals surface area contributed by atoms with Gasteiger partial charge in [-0.15, -0.1) is 22.7 Å². The molecule has 0 saturated heterocycles. The van der Waals surface area contributed by atoms with E-state index in [-0.39, 0.29) is 5.97 Å². The lowest BCUT2D eigenvalue weighted by molar-refractivity contribution is 0.0532. The SMILES string of the molecule is CCOC(=O)c1cc2c(I)sc(I)c2s1. The average molecular weight is 464 g/mol. The zero-order valence-electron chi connectivity index (χ0n) is 7.67. The van der Waals surface area contributed by atoms with E-state index in [1.54, 1.807) is 11.3 Å². The second-order valence-electron chi connectivity index (χ2n) is 2.72. The number of thiophene rings is 2. The molecule has 2 nitrogen and oxygen atoms in total. The van der Waals surface area contributed by atoms with Gasteiger partial charge >= 0.3 is 5.97 Å². The first-order valence-electron chi connectivity index (χ1n) is 4.18. The molecule has 0 radical (unpaired) electrons. The minimum absolute atomic E-state index is 0.213. The molecule has 2 rings (SSSR count). The lowest BCUT2D eigenvalue weighted by atomic mass is 10.4. The fourth-order valence-electron chi connectivity index (χ4n) is 1.17. The van der Waals surface area contributed by atoms with Crippen LogP contribution in [-0.2, 0) is 4.74 Å². The van der Waals surface area contributed by atoms with E-state index in [9.17, 15) is 4.79 Å². The number of ether oxygens (including phenoxy) is 1. The third-order valence-electron chi connectivity index (χ3n) is 1.78. The van der Waals surface area contributed by atoms with Crippen molar-refractivity contribution in [3.63, 3.8) is 0 Å². The van der Waals surface area contributed by atoms with Gasteiger partial charge in [0, 0.05) is 5.39 Å². The molecule has 0 spiro atoms. The number of carbonyl (C=O) groups is 1. The smallest absolute Gasteiger partial charge is 0.348 e. The molecule has 2 aromatic heterocycles. The van der Waals surface area contributed by atoms with Gasteiger partial charge in [0.15, 0.2) is 0 Å². The van der Waals surface area contributed by atoms with Crippen molar-refractivity contribution in [2.24, 2.45) is 0 Å². The summed E-state index contributed by atoms with van der Waals surface area (Å²) >= 11 is 7.89. The van der Waals surface area contributed by atoms with E-state index in [1.807, 2.05) is 13.0 Å². The lowest BCUT2D eigenvalue weighted by Crippen LogP contribution is -2.01. The van der Waals surface area contributed by atoms with Crippen LogP contribution in [0.2, 0.25) is 0 Å². The normalized spacial score (nSPS) is 10.9. The highest BCUT2D eigenvalue weighted by Gasteiger charge is 2.16. The largest absolute Gasteiger partial charge is 0.462 e. The molecule has 0 N–H and O–H groups in total. The Balaban J connectivity index is 2.47. The molecule has 0 amide bonds. The number of hydrogen-bond acceptors (Lipinski definition) is 4. The van der Waals surface area contributed by atoms with Crippen molar-refractivity contribution in [3.05, 3.63) is 16.7 Å². The first kappa shape index (κ1) is 12.1. The Kier molecular flexibility index (Phi) is 3.89.